The molecule has 8 heteroatoms. The van der Waals surface area contributed by atoms with Gasteiger partial charge in [0.2, 0.25) is 0 Å². The van der Waals surface area contributed by atoms with E-state index in [0.717, 1.165) is 13.2 Å². The Morgan fingerprint density at radius 1 is 0.341 bits per heavy atom. The molecule has 0 radical (unpaired) electrons. The Kier molecular flexibility index (Phi) is 59.1. The molecule has 0 saturated carbocycles. The fourth-order valence-corrected chi connectivity index (χ4v) is 5.61. The minimum absolute atomic E-state index is 0. The van der Waals surface area contributed by atoms with Gasteiger partial charge in [-0.1, -0.05) is 206 Å². The first kappa shape index (κ1) is 53.9. The van der Waals surface area contributed by atoms with E-state index in [0.29, 0.717) is 0 Å². The fraction of sp³-hybridized carbons (Fsp3) is 1.00. The smallest absolute Gasteiger partial charge is 0.759 e. The van der Waals surface area contributed by atoms with Crippen molar-refractivity contribution in [1.29, 1.82) is 0 Å². The van der Waals surface area contributed by atoms with Gasteiger partial charge in [-0.2, -0.15) is 0 Å². The van der Waals surface area contributed by atoms with E-state index in [2.05, 4.69) is 13.8 Å². The van der Waals surface area contributed by atoms with Gasteiger partial charge in [-0.3, -0.25) is 8.42 Å². The molecule has 0 aromatic heterocycles. The van der Waals surface area contributed by atoms with Crippen LogP contribution in [0.3, 0.4) is 0 Å². The summed E-state index contributed by atoms with van der Waals surface area (Å²) in [5.41, 5.74) is 0. The van der Waals surface area contributed by atoms with Crippen LogP contribution in [0.4, 0.5) is 0 Å². The minimum atomic E-state index is -5.17. The Bertz CT molecular complexity index is 537. The van der Waals surface area contributed by atoms with Gasteiger partial charge in [-0.15, -0.1) is 0 Å². The van der Waals surface area contributed by atoms with Crippen LogP contribution < -0.4 is 103 Å². The monoisotopic (exact) mass is 696 g/mol. The van der Waals surface area contributed by atoms with Crippen molar-refractivity contribution in [3.8, 4) is 0 Å². The number of hydrogen-bond acceptors (Lipinski definition) is 5. The average Bonchev–Trinajstić information content (AvgIpc) is 2.94. The Morgan fingerprint density at radius 2 is 0.477 bits per heavy atom. The van der Waals surface area contributed by atoms with Gasteiger partial charge in [0.25, 0.3) is 0 Å². The first-order valence-electron chi connectivity index (χ1n) is 18.7. The van der Waals surface area contributed by atoms with Crippen molar-refractivity contribution >= 4 is 10.4 Å². The molecule has 0 amide bonds. The SMILES string of the molecule is CCCCCCCCCCCCCCCCCCOCCCCCCCCCCCCCCCCCC.O=S(=O)([O-])[O-].[K+].[K+]. The summed E-state index contributed by atoms with van der Waals surface area (Å²) in [6.07, 6.45) is 46.0. The Labute approximate surface area is 362 Å². The third-order valence-corrected chi connectivity index (χ3v) is 8.28. The van der Waals surface area contributed by atoms with Gasteiger partial charge in [0.1, 0.15) is 0 Å². The van der Waals surface area contributed by atoms with Crippen molar-refractivity contribution in [1.82, 2.24) is 0 Å². The molecule has 0 spiro atoms. The number of ether oxygens (including phenoxy) is 1. The van der Waals surface area contributed by atoms with Crippen LogP contribution in [-0.4, -0.2) is 30.7 Å². The van der Waals surface area contributed by atoms with Crippen LogP contribution in [0, 0.1) is 0 Å². The third-order valence-electron chi connectivity index (χ3n) is 8.28. The molecule has 0 aliphatic heterocycles. The van der Waals surface area contributed by atoms with Crippen molar-refractivity contribution in [3.63, 3.8) is 0 Å². The molecule has 5 nitrogen and oxygen atoms in total. The van der Waals surface area contributed by atoms with E-state index in [1.54, 1.807) is 0 Å². The number of rotatable bonds is 34. The second-order valence-electron chi connectivity index (χ2n) is 12.6. The summed E-state index contributed by atoms with van der Waals surface area (Å²) >= 11 is 0. The van der Waals surface area contributed by atoms with Crippen molar-refractivity contribution in [2.45, 2.75) is 219 Å². The zero-order valence-corrected chi connectivity index (χ0v) is 37.6. The van der Waals surface area contributed by atoms with Crippen molar-refractivity contribution in [2.75, 3.05) is 13.2 Å². The summed E-state index contributed by atoms with van der Waals surface area (Å²) in [7, 11) is -5.17. The number of unbranched alkanes of at least 4 members (excludes halogenated alkanes) is 30. The molecule has 0 aliphatic rings. The van der Waals surface area contributed by atoms with Crippen LogP contribution in [0.15, 0.2) is 0 Å². The second-order valence-corrected chi connectivity index (χ2v) is 13.4. The second kappa shape index (κ2) is 48.2. The standard InChI is InChI=1S/C36H74O.2K.H2O4S/c1-3-5-7-9-11-13-15-17-19-21-23-25-27-29-31-33-35-37-36-34-32-30-28-26-24-22-20-18-16-14-12-10-8-6-4-2;;;1-5(2,3)4/h3-36H2,1-2H3;;;(H2,1,2,3,4)/q;2*+1;/p-2. The normalized spacial score (nSPS) is 11.0. The van der Waals surface area contributed by atoms with Gasteiger partial charge < -0.3 is 13.8 Å². The molecule has 44 heavy (non-hydrogen) atoms. The molecule has 0 bridgehead atoms. The van der Waals surface area contributed by atoms with Crippen LogP contribution in [0.5, 0.6) is 0 Å². The van der Waals surface area contributed by atoms with Crippen molar-refractivity contribution in [2.24, 2.45) is 0 Å². The molecule has 0 fully saturated rings. The predicted molar refractivity (Wildman–Crippen MR) is 180 cm³/mol. The minimum Gasteiger partial charge on any atom is -0.759 e. The molecule has 0 unspecified atom stereocenters. The van der Waals surface area contributed by atoms with Gasteiger partial charge in [0, 0.05) is 23.6 Å². The molecule has 0 atom stereocenters. The summed E-state index contributed by atoms with van der Waals surface area (Å²) in [6, 6.07) is 0. The molecular weight excluding hydrogens is 623 g/mol. The van der Waals surface area contributed by atoms with E-state index >= 15 is 0 Å². The van der Waals surface area contributed by atoms with E-state index in [9.17, 15) is 0 Å². The zero-order valence-electron chi connectivity index (χ0n) is 30.5. The van der Waals surface area contributed by atoms with E-state index in [4.69, 9.17) is 22.3 Å². The first-order chi connectivity index (χ1) is 20.4. The summed E-state index contributed by atoms with van der Waals surface area (Å²) in [4.78, 5) is 0. The van der Waals surface area contributed by atoms with E-state index in [1.165, 1.54) is 205 Å². The topological polar surface area (TPSA) is 89.5 Å². The van der Waals surface area contributed by atoms with Crippen molar-refractivity contribution < 1.29 is 125 Å². The predicted octanol–water partition coefficient (Wildman–Crippen LogP) is 6.20. The van der Waals surface area contributed by atoms with Gasteiger partial charge in [-0.05, 0) is 12.8 Å². The quantitative estimate of drug-likeness (QED) is 0.0346. The molecule has 0 aliphatic carbocycles. The van der Waals surface area contributed by atoms with E-state index in [1.807, 2.05) is 0 Å². The maximum atomic E-state index is 8.52. The zero-order chi connectivity index (χ0) is 31.2. The largest absolute Gasteiger partial charge is 1.00 e. The Hall–Kier alpha value is 3.10. The molecule has 0 saturated heterocycles. The summed E-state index contributed by atoms with van der Waals surface area (Å²) in [6.45, 7) is 6.60. The van der Waals surface area contributed by atoms with Gasteiger partial charge >= 0.3 is 103 Å². The molecule has 0 aromatic rings. The van der Waals surface area contributed by atoms with E-state index in [-0.39, 0.29) is 103 Å². The van der Waals surface area contributed by atoms with Gasteiger partial charge in [0.15, 0.2) is 0 Å². The summed E-state index contributed by atoms with van der Waals surface area (Å²) in [5.74, 6) is 0. The molecule has 0 heterocycles. The van der Waals surface area contributed by atoms with Crippen LogP contribution in [0.1, 0.15) is 219 Å². The van der Waals surface area contributed by atoms with E-state index < -0.39 is 10.4 Å². The van der Waals surface area contributed by atoms with Gasteiger partial charge in [-0.25, -0.2) is 0 Å². The van der Waals surface area contributed by atoms with Crippen LogP contribution in [0.25, 0.3) is 0 Å². The van der Waals surface area contributed by atoms with Gasteiger partial charge in [0.05, 0.1) is 0 Å². The first-order valence-corrected chi connectivity index (χ1v) is 20.0. The molecular formula is C36H74K2O5S. The average molecular weight is 697 g/mol. The maximum absolute atomic E-state index is 8.52. The Balaban J connectivity index is -0.00000105. The Morgan fingerprint density at radius 3 is 0.636 bits per heavy atom. The molecule has 256 valence electrons. The van der Waals surface area contributed by atoms with Crippen LogP contribution in [-0.2, 0) is 15.1 Å². The summed E-state index contributed by atoms with van der Waals surface area (Å²) < 4.78 is 40.0. The summed E-state index contributed by atoms with van der Waals surface area (Å²) in [5, 5.41) is 0. The van der Waals surface area contributed by atoms with Crippen LogP contribution in [0.2, 0.25) is 0 Å². The molecule has 0 rings (SSSR count). The fourth-order valence-electron chi connectivity index (χ4n) is 5.61. The van der Waals surface area contributed by atoms with Crippen molar-refractivity contribution in [3.05, 3.63) is 0 Å². The third kappa shape index (κ3) is 63.7. The van der Waals surface area contributed by atoms with Crippen LogP contribution >= 0.6 is 0 Å². The maximum Gasteiger partial charge on any atom is 1.00 e. The molecule has 0 N–H and O–H groups in total. The number of hydrogen-bond donors (Lipinski definition) is 0. The molecule has 0 aromatic carbocycles.